The maximum Gasteiger partial charge on any atom is 0.155 e. The van der Waals surface area contributed by atoms with Gasteiger partial charge in [0.15, 0.2) is 5.78 Å². The average molecular weight is 308 g/mol. The maximum absolute atomic E-state index is 11.8. The molecule has 2 nitrogen and oxygen atoms in total. The molecule has 0 saturated carbocycles. The summed E-state index contributed by atoms with van der Waals surface area (Å²) in [5.41, 5.74) is 2.27. The molecule has 0 aliphatic rings. The summed E-state index contributed by atoms with van der Waals surface area (Å²) < 4.78 is 5.63. The van der Waals surface area contributed by atoms with Crippen molar-refractivity contribution in [1.29, 1.82) is 0 Å². The van der Waals surface area contributed by atoms with Crippen LogP contribution in [-0.4, -0.2) is 12.4 Å². The van der Waals surface area contributed by atoms with Crippen LogP contribution in [0.15, 0.2) is 66.7 Å². The highest BCUT2D eigenvalue weighted by Gasteiger charge is 1.98. The van der Waals surface area contributed by atoms with Gasteiger partial charge in [-0.2, -0.15) is 0 Å². The molecule has 0 unspecified atom stereocenters. The van der Waals surface area contributed by atoms with Gasteiger partial charge in [-0.1, -0.05) is 73.2 Å². The number of ketones is 1. The lowest BCUT2D eigenvalue weighted by atomic mass is 10.1. The molecule has 0 aliphatic heterocycles. The Morgan fingerprint density at radius 1 is 0.870 bits per heavy atom. The van der Waals surface area contributed by atoms with Gasteiger partial charge >= 0.3 is 0 Å². The van der Waals surface area contributed by atoms with Gasteiger partial charge in [-0.25, -0.2) is 0 Å². The maximum atomic E-state index is 11.8. The number of rotatable bonds is 10. The molecule has 0 heterocycles. The smallest absolute Gasteiger partial charge is 0.155 e. The molecule has 0 aromatic heterocycles. The third kappa shape index (κ3) is 7.57. The van der Waals surface area contributed by atoms with Gasteiger partial charge in [0, 0.05) is 13.0 Å². The van der Waals surface area contributed by atoms with Crippen LogP contribution >= 0.6 is 0 Å². The Hall–Kier alpha value is -2.19. The van der Waals surface area contributed by atoms with Crippen molar-refractivity contribution in [3.8, 4) is 0 Å². The van der Waals surface area contributed by atoms with Crippen molar-refractivity contribution in [3.05, 3.63) is 77.9 Å². The molecule has 0 saturated heterocycles. The lowest BCUT2D eigenvalue weighted by Crippen LogP contribution is -1.97. The fourth-order valence-corrected chi connectivity index (χ4v) is 2.28. The van der Waals surface area contributed by atoms with Gasteiger partial charge < -0.3 is 4.74 Å². The highest BCUT2D eigenvalue weighted by atomic mass is 16.5. The molecule has 2 aromatic rings. The number of carbonyl (C=O) groups excluding carboxylic acids is 1. The van der Waals surface area contributed by atoms with Crippen molar-refractivity contribution in [2.45, 2.75) is 32.3 Å². The van der Waals surface area contributed by atoms with Crippen LogP contribution in [0.5, 0.6) is 0 Å². The van der Waals surface area contributed by atoms with Crippen LogP contribution in [0.1, 0.15) is 36.8 Å². The van der Waals surface area contributed by atoms with Crippen molar-refractivity contribution in [3.63, 3.8) is 0 Å². The van der Waals surface area contributed by atoms with Gasteiger partial charge in [-0.05, 0) is 30.0 Å². The van der Waals surface area contributed by atoms with Crippen LogP contribution in [0.25, 0.3) is 6.08 Å². The Balaban J connectivity index is 1.50. The van der Waals surface area contributed by atoms with E-state index in [2.05, 4.69) is 12.1 Å². The summed E-state index contributed by atoms with van der Waals surface area (Å²) in [6.07, 6.45) is 7.13. The topological polar surface area (TPSA) is 26.3 Å². The van der Waals surface area contributed by atoms with E-state index in [9.17, 15) is 4.79 Å². The molecule has 120 valence electrons. The molecule has 0 N–H and O–H groups in total. The van der Waals surface area contributed by atoms with E-state index < -0.39 is 0 Å². The Kier molecular flexibility index (Phi) is 7.85. The summed E-state index contributed by atoms with van der Waals surface area (Å²) in [5.74, 6) is 0.194. The van der Waals surface area contributed by atoms with Gasteiger partial charge in [-0.3, -0.25) is 4.79 Å². The standard InChI is InChI=1S/C21H24O2/c22-21(16-15-19-10-4-1-5-11-19)14-8-3-9-17-23-18-20-12-6-2-7-13-20/h1-2,4-7,10-13,15-16H,3,8-9,14,17-18H2/b16-15+. The highest BCUT2D eigenvalue weighted by Crippen LogP contribution is 2.06. The fraction of sp³-hybridized carbons (Fsp3) is 0.286. The third-order valence-corrected chi connectivity index (χ3v) is 3.58. The number of ether oxygens (including phenoxy) is 1. The van der Waals surface area contributed by atoms with Crippen LogP contribution in [-0.2, 0) is 16.1 Å². The predicted octanol–water partition coefficient (Wildman–Crippen LogP) is 5.05. The molecule has 0 atom stereocenters. The number of hydrogen-bond donors (Lipinski definition) is 0. The van der Waals surface area contributed by atoms with Crippen LogP contribution in [0.2, 0.25) is 0 Å². The summed E-state index contributed by atoms with van der Waals surface area (Å²) in [6.45, 7) is 1.42. The zero-order valence-corrected chi connectivity index (χ0v) is 13.5. The predicted molar refractivity (Wildman–Crippen MR) is 95.0 cm³/mol. The molecule has 2 rings (SSSR count). The van der Waals surface area contributed by atoms with Crippen molar-refractivity contribution >= 4 is 11.9 Å². The van der Waals surface area contributed by atoms with E-state index in [0.717, 1.165) is 31.4 Å². The first-order valence-electron chi connectivity index (χ1n) is 8.22. The highest BCUT2D eigenvalue weighted by molar-refractivity contribution is 5.93. The zero-order valence-electron chi connectivity index (χ0n) is 13.5. The molecule has 0 bridgehead atoms. The lowest BCUT2D eigenvalue weighted by Gasteiger charge is -2.04. The van der Waals surface area contributed by atoms with Crippen LogP contribution < -0.4 is 0 Å². The van der Waals surface area contributed by atoms with Crippen molar-refractivity contribution < 1.29 is 9.53 Å². The van der Waals surface area contributed by atoms with Crippen LogP contribution in [0, 0.1) is 0 Å². The van der Waals surface area contributed by atoms with Crippen LogP contribution in [0.4, 0.5) is 0 Å². The minimum atomic E-state index is 0.194. The summed E-state index contributed by atoms with van der Waals surface area (Å²) in [6, 6.07) is 20.1. The van der Waals surface area contributed by atoms with Gasteiger partial charge in [0.05, 0.1) is 6.61 Å². The first-order chi connectivity index (χ1) is 11.3. The van der Waals surface area contributed by atoms with E-state index in [0.29, 0.717) is 13.0 Å². The Morgan fingerprint density at radius 3 is 2.30 bits per heavy atom. The number of benzene rings is 2. The van der Waals surface area contributed by atoms with E-state index in [1.807, 2.05) is 54.6 Å². The van der Waals surface area contributed by atoms with E-state index in [1.54, 1.807) is 6.08 Å². The van der Waals surface area contributed by atoms with Crippen LogP contribution in [0.3, 0.4) is 0 Å². The van der Waals surface area contributed by atoms with E-state index in [1.165, 1.54) is 5.56 Å². The van der Waals surface area contributed by atoms with Crippen molar-refractivity contribution in [2.24, 2.45) is 0 Å². The average Bonchev–Trinajstić information content (AvgIpc) is 2.61. The number of carbonyl (C=O) groups is 1. The van der Waals surface area contributed by atoms with Gasteiger partial charge in [0.1, 0.15) is 0 Å². The largest absolute Gasteiger partial charge is 0.377 e. The minimum absolute atomic E-state index is 0.194. The SMILES string of the molecule is O=C(/C=C/c1ccccc1)CCCCCOCc1ccccc1. The second-order valence-corrected chi connectivity index (χ2v) is 5.56. The van der Waals surface area contributed by atoms with Gasteiger partial charge in [-0.15, -0.1) is 0 Å². The van der Waals surface area contributed by atoms with Crippen molar-refractivity contribution in [1.82, 2.24) is 0 Å². The zero-order chi connectivity index (χ0) is 16.2. The van der Waals surface area contributed by atoms with Crippen molar-refractivity contribution in [2.75, 3.05) is 6.61 Å². The lowest BCUT2D eigenvalue weighted by molar-refractivity contribution is -0.114. The number of unbranched alkanes of at least 4 members (excludes halogenated alkanes) is 2. The molecule has 0 radical (unpaired) electrons. The molecule has 2 aromatic carbocycles. The molecule has 23 heavy (non-hydrogen) atoms. The Morgan fingerprint density at radius 2 is 1.57 bits per heavy atom. The van der Waals surface area contributed by atoms with E-state index in [-0.39, 0.29) is 5.78 Å². The summed E-state index contributed by atoms with van der Waals surface area (Å²) >= 11 is 0. The molecule has 0 fully saturated rings. The van der Waals surface area contributed by atoms with E-state index >= 15 is 0 Å². The normalized spacial score (nSPS) is 11.0. The summed E-state index contributed by atoms with van der Waals surface area (Å²) in [7, 11) is 0. The molecule has 0 aliphatic carbocycles. The minimum Gasteiger partial charge on any atom is -0.377 e. The Labute approximate surface area is 138 Å². The van der Waals surface area contributed by atoms with Gasteiger partial charge in [0.2, 0.25) is 0 Å². The first kappa shape index (κ1) is 17.2. The van der Waals surface area contributed by atoms with E-state index in [4.69, 9.17) is 4.74 Å². The first-order valence-corrected chi connectivity index (χ1v) is 8.22. The molecule has 2 heteroatoms. The number of allylic oxidation sites excluding steroid dienone is 1. The molecular formula is C21H24O2. The third-order valence-electron chi connectivity index (χ3n) is 3.58. The molecule has 0 amide bonds. The second-order valence-electron chi connectivity index (χ2n) is 5.56. The quantitative estimate of drug-likeness (QED) is 0.454. The summed E-state index contributed by atoms with van der Waals surface area (Å²) in [4.78, 5) is 11.8. The fourth-order valence-electron chi connectivity index (χ4n) is 2.28. The monoisotopic (exact) mass is 308 g/mol. The molecule has 0 spiro atoms. The summed E-state index contributed by atoms with van der Waals surface area (Å²) in [5, 5.41) is 0. The second kappa shape index (κ2) is 10.5. The Bertz CT molecular complexity index is 588. The van der Waals surface area contributed by atoms with Gasteiger partial charge in [0.25, 0.3) is 0 Å². The molecular weight excluding hydrogens is 284 g/mol. The number of hydrogen-bond acceptors (Lipinski definition) is 2.